The summed E-state index contributed by atoms with van der Waals surface area (Å²) in [5.41, 5.74) is 0.864. The van der Waals surface area contributed by atoms with Gasteiger partial charge in [-0.25, -0.2) is 4.79 Å². The third-order valence-electron chi connectivity index (χ3n) is 2.77. The average molecular weight is 264 g/mol. The quantitative estimate of drug-likeness (QED) is 0.739. The molecular weight excluding hydrogens is 244 g/mol. The molecule has 0 radical (unpaired) electrons. The number of likely N-dealkylation sites (N-methyl/N-ethyl adjacent to an activating group) is 1. The van der Waals surface area contributed by atoms with Crippen LogP contribution in [0.5, 0.6) is 0 Å². The van der Waals surface area contributed by atoms with Crippen LogP contribution in [0.2, 0.25) is 0 Å². The van der Waals surface area contributed by atoms with Crippen LogP contribution in [0.25, 0.3) is 0 Å². The minimum atomic E-state index is -0.491. The van der Waals surface area contributed by atoms with Crippen LogP contribution in [0.1, 0.15) is 25.8 Å². The van der Waals surface area contributed by atoms with E-state index < -0.39 is 12.1 Å². The normalized spacial score (nSPS) is 12.0. The molecular formula is C14H20N2O3. The molecule has 5 nitrogen and oxygen atoms in total. The number of rotatable bonds is 6. The average Bonchev–Trinajstić information content (AvgIpc) is 2.42. The van der Waals surface area contributed by atoms with Gasteiger partial charge in [-0.15, -0.1) is 0 Å². The summed E-state index contributed by atoms with van der Waals surface area (Å²) in [4.78, 5) is 28.1. The molecule has 104 valence electrons. The summed E-state index contributed by atoms with van der Waals surface area (Å²) < 4.78 is 5.15. The second kappa shape index (κ2) is 7.51. The van der Waals surface area contributed by atoms with Crippen LogP contribution in [0.4, 0.5) is 4.79 Å². The van der Waals surface area contributed by atoms with Gasteiger partial charge in [-0.05, 0) is 30.0 Å². The van der Waals surface area contributed by atoms with Gasteiger partial charge in [0.1, 0.15) is 12.9 Å². The fourth-order valence-electron chi connectivity index (χ4n) is 1.65. The monoisotopic (exact) mass is 264 g/mol. The molecule has 0 unspecified atom stereocenters. The molecule has 0 saturated carbocycles. The summed E-state index contributed by atoms with van der Waals surface area (Å²) in [6.45, 7) is 4.19. The zero-order valence-electron chi connectivity index (χ0n) is 11.6. The van der Waals surface area contributed by atoms with Crippen molar-refractivity contribution in [3.63, 3.8) is 0 Å². The first-order valence-electron chi connectivity index (χ1n) is 6.28. The number of carbonyl (C=O) groups is 2. The summed E-state index contributed by atoms with van der Waals surface area (Å²) in [6.07, 6.45) is 4.20. The topological polar surface area (TPSA) is 59.5 Å². The number of hydrogen-bond acceptors (Lipinski definition) is 4. The van der Waals surface area contributed by atoms with Gasteiger partial charge in [0.05, 0.1) is 6.04 Å². The van der Waals surface area contributed by atoms with Crippen molar-refractivity contribution < 1.29 is 14.3 Å². The third-order valence-corrected chi connectivity index (χ3v) is 2.77. The number of hydrogen-bond donors (Lipinski definition) is 0. The molecule has 19 heavy (non-hydrogen) atoms. The second-order valence-corrected chi connectivity index (χ2v) is 4.85. The maximum absolute atomic E-state index is 11.8. The fourth-order valence-corrected chi connectivity index (χ4v) is 1.65. The highest BCUT2D eigenvalue weighted by molar-refractivity contribution is 5.73. The molecule has 0 aromatic carbocycles. The summed E-state index contributed by atoms with van der Waals surface area (Å²) >= 11 is 0. The molecule has 0 spiro atoms. The minimum Gasteiger partial charge on any atom is -0.445 e. The van der Waals surface area contributed by atoms with E-state index in [1.54, 1.807) is 31.6 Å². The Morgan fingerprint density at radius 1 is 1.42 bits per heavy atom. The Kier molecular flexibility index (Phi) is 5.99. The lowest BCUT2D eigenvalue weighted by Crippen LogP contribution is -2.39. The number of carbonyl (C=O) groups excluding carboxylic acids is 2. The maximum atomic E-state index is 11.8. The van der Waals surface area contributed by atoms with Crippen molar-refractivity contribution in [3.8, 4) is 0 Å². The van der Waals surface area contributed by atoms with Crippen molar-refractivity contribution in [1.29, 1.82) is 0 Å². The van der Waals surface area contributed by atoms with E-state index in [0.717, 1.165) is 11.8 Å². The van der Waals surface area contributed by atoms with Crippen LogP contribution in [0.15, 0.2) is 24.5 Å². The van der Waals surface area contributed by atoms with Gasteiger partial charge >= 0.3 is 6.09 Å². The molecule has 1 atom stereocenters. The highest BCUT2D eigenvalue weighted by Gasteiger charge is 2.21. The van der Waals surface area contributed by atoms with Gasteiger partial charge in [-0.3, -0.25) is 4.98 Å². The van der Waals surface area contributed by atoms with Crippen molar-refractivity contribution >= 4 is 12.4 Å². The summed E-state index contributed by atoms with van der Waals surface area (Å²) in [6, 6.07) is 3.11. The van der Waals surface area contributed by atoms with Gasteiger partial charge in [0, 0.05) is 19.4 Å². The molecule has 0 aliphatic carbocycles. The molecule has 0 bridgehead atoms. The number of nitrogens with zero attached hydrogens (tertiary/aromatic N) is 2. The van der Waals surface area contributed by atoms with Crippen molar-refractivity contribution in [3.05, 3.63) is 30.1 Å². The Labute approximate surface area is 113 Å². The van der Waals surface area contributed by atoms with Gasteiger partial charge in [0.25, 0.3) is 0 Å². The standard InChI is InChI=1S/C14H20N2O3/c1-11(2)8-13(9-17)16(3)14(18)19-10-12-4-6-15-7-5-12/h4-7,9,11,13H,8,10H2,1-3H3/t13-/m0/s1. The van der Waals surface area contributed by atoms with E-state index in [2.05, 4.69) is 4.98 Å². The second-order valence-electron chi connectivity index (χ2n) is 4.85. The number of amides is 1. The van der Waals surface area contributed by atoms with E-state index in [4.69, 9.17) is 4.74 Å². The van der Waals surface area contributed by atoms with Crippen LogP contribution in [0.3, 0.4) is 0 Å². The lowest BCUT2D eigenvalue weighted by molar-refractivity contribution is -0.112. The molecule has 0 N–H and O–H groups in total. The van der Waals surface area contributed by atoms with Crippen LogP contribution < -0.4 is 0 Å². The SMILES string of the molecule is CC(C)C[C@@H](C=O)N(C)C(=O)OCc1ccncc1. The Balaban J connectivity index is 2.50. The molecule has 0 saturated heterocycles. The Hall–Kier alpha value is -1.91. The first kappa shape index (κ1) is 15.1. The minimum absolute atomic E-state index is 0.180. The predicted octanol–water partition coefficient (Wildman–Crippen LogP) is 2.26. The molecule has 0 aliphatic heterocycles. The van der Waals surface area contributed by atoms with Crippen molar-refractivity contribution in [1.82, 2.24) is 9.88 Å². The van der Waals surface area contributed by atoms with E-state index in [-0.39, 0.29) is 6.61 Å². The summed E-state index contributed by atoms with van der Waals surface area (Å²) in [5.74, 6) is 0.339. The molecule has 1 rings (SSSR count). The van der Waals surface area contributed by atoms with E-state index in [1.807, 2.05) is 13.8 Å². The molecule has 1 aromatic heterocycles. The van der Waals surface area contributed by atoms with Crippen molar-refractivity contribution in [2.24, 2.45) is 5.92 Å². The lowest BCUT2D eigenvalue weighted by atomic mass is 10.0. The smallest absolute Gasteiger partial charge is 0.410 e. The van der Waals surface area contributed by atoms with E-state index in [9.17, 15) is 9.59 Å². The highest BCUT2D eigenvalue weighted by atomic mass is 16.6. The van der Waals surface area contributed by atoms with Crippen LogP contribution in [-0.2, 0) is 16.1 Å². The van der Waals surface area contributed by atoms with Gasteiger partial charge in [0.15, 0.2) is 0 Å². The Morgan fingerprint density at radius 2 is 2.05 bits per heavy atom. The predicted molar refractivity (Wildman–Crippen MR) is 71.5 cm³/mol. The Morgan fingerprint density at radius 3 is 2.58 bits per heavy atom. The maximum Gasteiger partial charge on any atom is 0.410 e. The first-order chi connectivity index (χ1) is 9.04. The summed E-state index contributed by atoms with van der Waals surface area (Å²) in [7, 11) is 1.58. The highest BCUT2D eigenvalue weighted by Crippen LogP contribution is 2.10. The largest absolute Gasteiger partial charge is 0.445 e. The Bertz CT molecular complexity index is 406. The van der Waals surface area contributed by atoms with Gasteiger partial charge < -0.3 is 14.4 Å². The van der Waals surface area contributed by atoms with Crippen LogP contribution in [0, 0.1) is 5.92 Å². The van der Waals surface area contributed by atoms with Crippen LogP contribution >= 0.6 is 0 Å². The molecule has 5 heteroatoms. The van der Waals surface area contributed by atoms with Gasteiger partial charge in [-0.1, -0.05) is 13.8 Å². The number of ether oxygens (including phenoxy) is 1. The molecule has 1 heterocycles. The van der Waals surface area contributed by atoms with Gasteiger partial charge in [-0.2, -0.15) is 0 Å². The van der Waals surface area contributed by atoms with E-state index in [0.29, 0.717) is 12.3 Å². The van der Waals surface area contributed by atoms with Crippen molar-refractivity contribution in [2.45, 2.75) is 32.9 Å². The summed E-state index contributed by atoms with van der Waals surface area (Å²) in [5, 5.41) is 0. The van der Waals surface area contributed by atoms with E-state index >= 15 is 0 Å². The lowest BCUT2D eigenvalue weighted by Gasteiger charge is -2.24. The molecule has 0 fully saturated rings. The third kappa shape index (κ3) is 5.07. The zero-order chi connectivity index (χ0) is 14.3. The number of pyridine rings is 1. The molecule has 1 amide bonds. The zero-order valence-corrected chi connectivity index (χ0v) is 11.6. The number of aldehydes is 1. The first-order valence-corrected chi connectivity index (χ1v) is 6.28. The van der Waals surface area contributed by atoms with Crippen LogP contribution in [-0.4, -0.2) is 35.4 Å². The molecule has 0 aliphatic rings. The van der Waals surface area contributed by atoms with Crippen molar-refractivity contribution in [2.75, 3.05) is 7.05 Å². The van der Waals surface area contributed by atoms with E-state index in [1.165, 1.54) is 4.90 Å². The molecule has 1 aromatic rings. The van der Waals surface area contributed by atoms with Gasteiger partial charge in [0.2, 0.25) is 0 Å². The fraction of sp³-hybridized carbons (Fsp3) is 0.500. The number of aromatic nitrogens is 1.